The zero-order chi connectivity index (χ0) is 13.3. The van der Waals surface area contributed by atoms with Crippen molar-refractivity contribution in [2.75, 3.05) is 6.54 Å². The Morgan fingerprint density at radius 2 is 2.00 bits per heavy atom. The second kappa shape index (κ2) is 6.15. The van der Waals surface area contributed by atoms with E-state index in [9.17, 15) is 4.79 Å². The lowest BCUT2D eigenvalue weighted by atomic mass is 9.85. The Morgan fingerprint density at radius 1 is 1.30 bits per heavy atom. The van der Waals surface area contributed by atoms with E-state index in [1.165, 1.54) is 11.1 Å². The number of aryl methyl sites for hydroxylation is 1. The maximum absolute atomic E-state index is 12.6. The van der Waals surface area contributed by atoms with Crippen LogP contribution >= 0.6 is 12.4 Å². The van der Waals surface area contributed by atoms with E-state index in [1.54, 1.807) is 0 Å². The van der Waals surface area contributed by atoms with Crippen LogP contribution in [0, 0.1) is 5.41 Å². The van der Waals surface area contributed by atoms with Gasteiger partial charge in [-0.1, -0.05) is 37.1 Å². The van der Waals surface area contributed by atoms with Crippen LogP contribution in [0.1, 0.15) is 49.3 Å². The van der Waals surface area contributed by atoms with Gasteiger partial charge in [0.2, 0.25) is 5.91 Å². The normalized spacial score (nSPS) is 22.9. The van der Waals surface area contributed by atoms with Gasteiger partial charge in [-0.15, -0.1) is 12.4 Å². The molecular formula is C16H23ClN2O. The van der Waals surface area contributed by atoms with Crippen LogP contribution < -0.4 is 11.1 Å². The fourth-order valence-corrected chi connectivity index (χ4v) is 3.59. The fourth-order valence-electron chi connectivity index (χ4n) is 3.59. The van der Waals surface area contributed by atoms with E-state index in [2.05, 4.69) is 29.6 Å². The first kappa shape index (κ1) is 15.3. The molecule has 1 amide bonds. The van der Waals surface area contributed by atoms with E-state index in [1.807, 2.05) is 0 Å². The molecule has 1 fully saturated rings. The van der Waals surface area contributed by atoms with E-state index in [-0.39, 0.29) is 29.8 Å². The Morgan fingerprint density at radius 3 is 2.70 bits per heavy atom. The Bertz CT molecular complexity index is 483. The van der Waals surface area contributed by atoms with Gasteiger partial charge in [0.15, 0.2) is 0 Å². The van der Waals surface area contributed by atoms with Crippen molar-refractivity contribution in [2.45, 2.75) is 44.6 Å². The maximum Gasteiger partial charge on any atom is 0.227 e. The third-order valence-electron chi connectivity index (χ3n) is 4.87. The van der Waals surface area contributed by atoms with Gasteiger partial charge >= 0.3 is 0 Å². The Hall–Kier alpha value is -1.06. The summed E-state index contributed by atoms with van der Waals surface area (Å²) >= 11 is 0. The number of hydrogen-bond donors (Lipinski definition) is 2. The van der Waals surface area contributed by atoms with E-state index in [4.69, 9.17) is 5.73 Å². The summed E-state index contributed by atoms with van der Waals surface area (Å²) in [4.78, 5) is 12.6. The third kappa shape index (κ3) is 2.57. The second-order valence-electron chi connectivity index (χ2n) is 5.96. The highest BCUT2D eigenvalue weighted by Gasteiger charge is 2.41. The molecule has 0 spiro atoms. The summed E-state index contributed by atoms with van der Waals surface area (Å²) in [5.74, 6) is 0.175. The van der Waals surface area contributed by atoms with Crippen LogP contribution in [0.3, 0.4) is 0 Å². The third-order valence-corrected chi connectivity index (χ3v) is 4.87. The molecule has 2 aliphatic rings. The van der Waals surface area contributed by atoms with E-state index in [0.717, 1.165) is 38.5 Å². The van der Waals surface area contributed by atoms with Gasteiger partial charge in [0, 0.05) is 6.54 Å². The summed E-state index contributed by atoms with van der Waals surface area (Å²) in [5.41, 5.74) is 8.25. The number of halogens is 1. The van der Waals surface area contributed by atoms with Crippen molar-refractivity contribution in [2.24, 2.45) is 11.1 Å². The topological polar surface area (TPSA) is 55.1 Å². The van der Waals surface area contributed by atoms with Crippen LogP contribution in [-0.2, 0) is 11.2 Å². The molecule has 1 aromatic carbocycles. The molecule has 0 heterocycles. The number of carbonyl (C=O) groups is 1. The molecule has 110 valence electrons. The number of benzene rings is 1. The van der Waals surface area contributed by atoms with Crippen LogP contribution in [0.25, 0.3) is 0 Å². The quantitative estimate of drug-likeness (QED) is 0.900. The van der Waals surface area contributed by atoms with Gasteiger partial charge < -0.3 is 11.1 Å². The van der Waals surface area contributed by atoms with Crippen molar-refractivity contribution in [3.05, 3.63) is 35.4 Å². The maximum atomic E-state index is 12.6. The van der Waals surface area contributed by atoms with Gasteiger partial charge in [0.25, 0.3) is 0 Å². The van der Waals surface area contributed by atoms with Gasteiger partial charge in [-0.25, -0.2) is 0 Å². The van der Waals surface area contributed by atoms with Crippen LogP contribution in [0.5, 0.6) is 0 Å². The summed E-state index contributed by atoms with van der Waals surface area (Å²) in [5, 5.41) is 3.25. The molecule has 4 heteroatoms. The lowest BCUT2D eigenvalue weighted by Gasteiger charge is -2.28. The monoisotopic (exact) mass is 294 g/mol. The highest BCUT2D eigenvalue weighted by atomic mass is 35.5. The van der Waals surface area contributed by atoms with E-state index < -0.39 is 0 Å². The van der Waals surface area contributed by atoms with Crippen molar-refractivity contribution >= 4 is 18.3 Å². The van der Waals surface area contributed by atoms with Crippen molar-refractivity contribution in [3.63, 3.8) is 0 Å². The molecule has 3 nitrogen and oxygen atoms in total. The first-order valence-corrected chi connectivity index (χ1v) is 7.34. The highest BCUT2D eigenvalue weighted by molar-refractivity contribution is 5.85. The minimum Gasteiger partial charge on any atom is -0.349 e. The molecular weight excluding hydrogens is 272 g/mol. The van der Waals surface area contributed by atoms with Crippen molar-refractivity contribution < 1.29 is 4.79 Å². The Labute approximate surface area is 126 Å². The first-order valence-electron chi connectivity index (χ1n) is 7.34. The molecule has 0 bridgehead atoms. The number of nitrogens with two attached hydrogens (primary N) is 1. The summed E-state index contributed by atoms with van der Waals surface area (Å²) in [6.07, 6.45) is 6.24. The molecule has 0 aromatic heterocycles. The van der Waals surface area contributed by atoms with E-state index in [0.29, 0.717) is 6.54 Å². The van der Waals surface area contributed by atoms with Crippen LogP contribution in [0.2, 0.25) is 0 Å². The molecule has 20 heavy (non-hydrogen) atoms. The summed E-state index contributed by atoms with van der Waals surface area (Å²) in [6, 6.07) is 8.61. The average molecular weight is 295 g/mol. The fraction of sp³-hybridized carbons (Fsp3) is 0.562. The predicted molar refractivity (Wildman–Crippen MR) is 82.9 cm³/mol. The van der Waals surface area contributed by atoms with Gasteiger partial charge in [0.1, 0.15) is 0 Å². The molecule has 1 unspecified atom stereocenters. The molecule has 0 radical (unpaired) electrons. The smallest absolute Gasteiger partial charge is 0.227 e. The van der Waals surface area contributed by atoms with Gasteiger partial charge in [-0.2, -0.15) is 0 Å². The molecule has 1 atom stereocenters. The predicted octanol–water partition coefficient (Wildman–Crippen LogP) is 2.73. The summed E-state index contributed by atoms with van der Waals surface area (Å²) in [7, 11) is 0. The van der Waals surface area contributed by atoms with Crippen LogP contribution in [-0.4, -0.2) is 12.5 Å². The molecule has 0 aliphatic heterocycles. The molecule has 1 aromatic rings. The zero-order valence-electron chi connectivity index (χ0n) is 11.7. The van der Waals surface area contributed by atoms with Gasteiger partial charge in [-0.3, -0.25) is 4.79 Å². The number of nitrogens with one attached hydrogen (secondary N) is 1. The summed E-state index contributed by atoms with van der Waals surface area (Å²) in [6.45, 7) is 0.479. The number of amides is 1. The number of fused-ring (bicyclic) bond motifs is 1. The molecule has 2 aliphatic carbocycles. The average Bonchev–Trinajstić information content (AvgIpc) is 3.07. The summed E-state index contributed by atoms with van der Waals surface area (Å²) < 4.78 is 0. The molecule has 3 rings (SSSR count). The van der Waals surface area contributed by atoms with Crippen LogP contribution in [0.4, 0.5) is 0 Å². The van der Waals surface area contributed by atoms with E-state index >= 15 is 0 Å². The second-order valence-corrected chi connectivity index (χ2v) is 5.96. The number of rotatable bonds is 3. The highest BCUT2D eigenvalue weighted by Crippen LogP contribution is 2.39. The lowest BCUT2D eigenvalue weighted by molar-refractivity contribution is -0.131. The minimum absolute atomic E-state index is 0. The van der Waals surface area contributed by atoms with Gasteiger partial charge in [0.05, 0.1) is 11.5 Å². The van der Waals surface area contributed by atoms with Crippen molar-refractivity contribution in [1.29, 1.82) is 0 Å². The number of carbonyl (C=O) groups excluding carboxylic acids is 1. The molecule has 0 saturated heterocycles. The Balaban J connectivity index is 0.00000147. The van der Waals surface area contributed by atoms with Crippen molar-refractivity contribution in [3.8, 4) is 0 Å². The minimum atomic E-state index is -0.294. The van der Waals surface area contributed by atoms with Gasteiger partial charge in [-0.05, 0) is 36.8 Å². The molecule has 1 saturated carbocycles. The molecule has 3 N–H and O–H groups in total. The SMILES string of the molecule is Cl.NCC1(C(=O)NC2CCc3ccccc32)CCCC1. The largest absolute Gasteiger partial charge is 0.349 e. The first-order chi connectivity index (χ1) is 9.25. The standard InChI is InChI=1S/C16H22N2O.ClH/c17-11-16(9-3-4-10-16)15(19)18-14-8-7-12-5-1-2-6-13(12)14;/h1-2,5-6,14H,3-4,7-11,17H2,(H,18,19);1H. The van der Waals surface area contributed by atoms with Crippen molar-refractivity contribution in [1.82, 2.24) is 5.32 Å². The zero-order valence-corrected chi connectivity index (χ0v) is 12.5. The lowest BCUT2D eigenvalue weighted by Crippen LogP contribution is -2.45. The van der Waals surface area contributed by atoms with Crippen LogP contribution in [0.15, 0.2) is 24.3 Å². The number of hydrogen-bond acceptors (Lipinski definition) is 2. The Kier molecular flexibility index (Phi) is 4.71.